The minimum atomic E-state index is -0.479. The van der Waals surface area contributed by atoms with Crippen LogP contribution in [-0.2, 0) is 16.1 Å². The monoisotopic (exact) mass is 319 g/mol. The van der Waals surface area contributed by atoms with Crippen LogP contribution < -0.4 is 10.6 Å². The fourth-order valence-corrected chi connectivity index (χ4v) is 2.53. The van der Waals surface area contributed by atoms with Crippen LogP contribution in [0.4, 0.5) is 11.6 Å². The number of anilines is 2. The molecule has 0 bridgehead atoms. The maximum Gasteiger partial charge on any atom is 0.232 e. The zero-order valence-electron chi connectivity index (χ0n) is 11.8. The van der Waals surface area contributed by atoms with Gasteiger partial charge in [-0.1, -0.05) is 17.7 Å². The summed E-state index contributed by atoms with van der Waals surface area (Å²) in [4.78, 5) is 28.2. The van der Waals surface area contributed by atoms with Gasteiger partial charge in [0.25, 0.3) is 0 Å². The van der Waals surface area contributed by atoms with Gasteiger partial charge in [-0.3, -0.25) is 14.9 Å². The fourth-order valence-electron chi connectivity index (χ4n) is 2.34. The van der Waals surface area contributed by atoms with Gasteiger partial charge in [0, 0.05) is 17.1 Å². The average Bonchev–Trinajstić information content (AvgIpc) is 2.78. The summed E-state index contributed by atoms with van der Waals surface area (Å²) in [7, 11) is 0. The molecule has 2 N–H and O–H groups in total. The second kappa shape index (κ2) is 5.76. The highest BCUT2D eigenvalue weighted by Gasteiger charge is 2.29. The van der Waals surface area contributed by atoms with E-state index in [0.29, 0.717) is 29.0 Å². The van der Waals surface area contributed by atoms with Crippen LogP contribution >= 0.6 is 11.6 Å². The molecule has 22 heavy (non-hydrogen) atoms. The van der Waals surface area contributed by atoms with Crippen molar-refractivity contribution in [2.45, 2.75) is 19.9 Å². The number of rotatable bonds is 3. The quantitative estimate of drug-likeness (QED) is 0.903. The number of aryl methyl sites for hydroxylation is 1. The lowest BCUT2D eigenvalue weighted by Crippen LogP contribution is -2.36. The van der Waals surface area contributed by atoms with Gasteiger partial charge >= 0.3 is 0 Å². The van der Waals surface area contributed by atoms with Gasteiger partial charge in [-0.25, -0.2) is 4.68 Å². The summed E-state index contributed by atoms with van der Waals surface area (Å²) >= 11 is 5.87. The minimum absolute atomic E-state index is 0.0662. The number of carbonyl (C=O) groups excluding carboxylic acids is 2. The van der Waals surface area contributed by atoms with E-state index in [2.05, 4.69) is 20.7 Å². The molecule has 1 aliphatic rings. The number of hydrogen-bond acceptors (Lipinski definition) is 4. The predicted molar refractivity (Wildman–Crippen MR) is 81.6 cm³/mol. The van der Waals surface area contributed by atoms with E-state index in [1.807, 2.05) is 0 Å². The molecule has 8 heteroatoms. The van der Waals surface area contributed by atoms with E-state index in [4.69, 9.17) is 11.6 Å². The van der Waals surface area contributed by atoms with Gasteiger partial charge in [0.05, 0.1) is 12.5 Å². The summed E-state index contributed by atoms with van der Waals surface area (Å²) < 4.78 is 1.61. The highest BCUT2D eigenvalue weighted by atomic mass is 35.5. The van der Waals surface area contributed by atoms with Gasteiger partial charge in [-0.05, 0) is 25.1 Å². The molecule has 1 aliphatic heterocycles. The minimum Gasteiger partial charge on any atom is -0.326 e. The van der Waals surface area contributed by atoms with E-state index < -0.39 is 5.92 Å². The van der Waals surface area contributed by atoms with Gasteiger partial charge in [0.2, 0.25) is 17.8 Å². The Labute approximate surface area is 131 Å². The summed E-state index contributed by atoms with van der Waals surface area (Å²) in [6.45, 7) is 2.09. The molecule has 0 fully saturated rings. The second-order valence-corrected chi connectivity index (χ2v) is 5.55. The van der Waals surface area contributed by atoms with Crippen molar-refractivity contribution < 1.29 is 9.59 Å². The molecule has 0 unspecified atom stereocenters. The first kappa shape index (κ1) is 14.5. The third-order valence-electron chi connectivity index (χ3n) is 3.32. The SMILES string of the molecule is Cc1nc2n(n1)C[C@@H](CC(=O)Nc1cccc(Cl)c1)C(=O)N2. The number of benzene rings is 1. The Hall–Kier alpha value is -2.41. The Morgan fingerprint density at radius 3 is 3.14 bits per heavy atom. The van der Waals surface area contributed by atoms with Crippen molar-refractivity contribution in [1.29, 1.82) is 0 Å². The van der Waals surface area contributed by atoms with Crippen molar-refractivity contribution in [3.05, 3.63) is 35.1 Å². The molecule has 0 aliphatic carbocycles. The van der Waals surface area contributed by atoms with Crippen LogP contribution in [0.25, 0.3) is 0 Å². The van der Waals surface area contributed by atoms with Crippen LogP contribution in [0.2, 0.25) is 5.02 Å². The van der Waals surface area contributed by atoms with Crippen LogP contribution in [-0.4, -0.2) is 26.6 Å². The molecule has 0 saturated carbocycles. The molecular weight excluding hydrogens is 306 g/mol. The molecule has 0 saturated heterocycles. The molecule has 2 heterocycles. The zero-order chi connectivity index (χ0) is 15.7. The molecule has 0 spiro atoms. The van der Waals surface area contributed by atoms with Gasteiger partial charge in [0.15, 0.2) is 0 Å². The largest absolute Gasteiger partial charge is 0.326 e. The number of halogens is 1. The predicted octanol–water partition coefficient (Wildman–Crippen LogP) is 1.84. The van der Waals surface area contributed by atoms with Crippen LogP contribution in [0.15, 0.2) is 24.3 Å². The Kier molecular flexibility index (Phi) is 3.81. The van der Waals surface area contributed by atoms with Crippen LogP contribution in [0.1, 0.15) is 12.2 Å². The van der Waals surface area contributed by atoms with Crippen molar-refractivity contribution in [2.24, 2.45) is 5.92 Å². The summed E-state index contributed by atoms with van der Waals surface area (Å²) in [5.41, 5.74) is 0.603. The Morgan fingerprint density at radius 2 is 2.36 bits per heavy atom. The number of aromatic nitrogens is 3. The number of nitrogens with zero attached hydrogens (tertiary/aromatic N) is 3. The molecular formula is C14H14ClN5O2. The van der Waals surface area contributed by atoms with Crippen molar-refractivity contribution >= 4 is 35.1 Å². The highest BCUT2D eigenvalue weighted by Crippen LogP contribution is 2.20. The lowest BCUT2D eigenvalue weighted by molar-refractivity contribution is -0.125. The number of carbonyl (C=O) groups is 2. The molecule has 1 atom stereocenters. The lowest BCUT2D eigenvalue weighted by atomic mass is 10.0. The molecule has 0 radical (unpaired) electrons. The molecule has 7 nitrogen and oxygen atoms in total. The van der Waals surface area contributed by atoms with E-state index in [1.165, 1.54) is 0 Å². The zero-order valence-corrected chi connectivity index (χ0v) is 12.6. The van der Waals surface area contributed by atoms with E-state index >= 15 is 0 Å². The summed E-state index contributed by atoms with van der Waals surface area (Å²) in [6, 6.07) is 6.86. The Morgan fingerprint density at radius 1 is 1.55 bits per heavy atom. The Balaban J connectivity index is 1.65. The van der Waals surface area contributed by atoms with Crippen LogP contribution in [0.3, 0.4) is 0 Å². The molecule has 1 aromatic carbocycles. The fraction of sp³-hybridized carbons (Fsp3) is 0.286. The van der Waals surface area contributed by atoms with Crippen molar-refractivity contribution in [3.8, 4) is 0 Å². The number of fused-ring (bicyclic) bond motifs is 1. The summed E-state index contributed by atoms with van der Waals surface area (Å²) in [5, 5.41) is 10.1. The van der Waals surface area contributed by atoms with Gasteiger partial charge < -0.3 is 5.32 Å². The maximum absolute atomic E-state index is 12.1. The smallest absolute Gasteiger partial charge is 0.232 e. The number of amides is 2. The summed E-state index contributed by atoms with van der Waals surface area (Å²) in [6.07, 6.45) is 0.0662. The first-order valence-corrected chi connectivity index (χ1v) is 7.17. The maximum atomic E-state index is 12.1. The van der Waals surface area contributed by atoms with Gasteiger partial charge in [-0.15, -0.1) is 0 Å². The van der Waals surface area contributed by atoms with Crippen molar-refractivity contribution in [3.63, 3.8) is 0 Å². The topological polar surface area (TPSA) is 88.9 Å². The lowest BCUT2D eigenvalue weighted by Gasteiger charge is -2.21. The van der Waals surface area contributed by atoms with E-state index in [0.717, 1.165) is 0 Å². The molecule has 3 rings (SSSR count). The molecule has 114 valence electrons. The third-order valence-corrected chi connectivity index (χ3v) is 3.55. The first-order chi connectivity index (χ1) is 10.5. The molecule has 2 amide bonds. The van der Waals surface area contributed by atoms with E-state index in [1.54, 1.807) is 35.9 Å². The second-order valence-electron chi connectivity index (χ2n) is 5.11. The van der Waals surface area contributed by atoms with Crippen molar-refractivity contribution in [1.82, 2.24) is 14.8 Å². The highest BCUT2D eigenvalue weighted by molar-refractivity contribution is 6.30. The third kappa shape index (κ3) is 3.09. The van der Waals surface area contributed by atoms with E-state index in [9.17, 15) is 9.59 Å². The van der Waals surface area contributed by atoms with Gasteiger partial charge in [0.1, 0.15) is 5.82 Å². The van der Waals surface area contributed by atoms with Crippen LogP contribution in [0.5, 0.6) is 0 Å². The Bertz CT molecular complexity index is 743. The van der Waals surface area contributed by atoms with Crippen molar-refractivity contribution in [2.75, 3.05) is 10.6 Å². The normalized spacial score (nSPS) is 16.8. The molecule has 2 aromatic rings. The number of nitrogens with one attached hydrogen (secondary N) is 2. The molecule has 1 aromatic heterocycles. The summed E-state index contributed by atoms with van der Waals surface area (Å²) in [5.74, 6) is 0.0601. The van der Waals surface area contributed by atoms with E-state index in [-0.39, 0.29) is 18.2 Å². The average molecular weight is 320 g/mol. The van der Waals surface area contributed by atoms with Crippen LogP contribution in [0, 0.1) is 12.8 Å². The number of hydrogen-bond donors (Lipinski definition) is 2. The standard InChI is InChI=1S/C14H14ClN5O2/c1-8-16-14-18-13(22)9(7-20(14)19-8)5-12(21)17-11-4-2-3-10(15)6-11/h2-4,6,9H,5,7H2,1H3,(H,17,21)(H,16,18,19,22)/t9-/m1/s1. The first-order valence-electron chi connectivity index (χ1n) is 6.79. The van der Waals surface area contributed by atoms with Gasteiger partial charge in [-0.2, -0.15) is 10.1 Å².